The van der Waals surface area contributed by atoms with Crippen molar-refractivity contribution in [3.63, 3.8) is 0 Å². The minimum atomic E-state index is -1.65. The lowest BCUT2D eigenvalue weighted by atomic mass is 9.96. The zero-order valence-corrected chi connectivity index (χ0v) is 9.22. The van der Waals surface area contributed by atoms with Crippen LogP contribution in [-0.4, -0.2) is 74.8 Å². The summed E-state index contributed by atoms with van der Waals surface area (Å²) in [5.74, 6) is -0.947. The average Bonchev–Trinajstić information content (AvgIpc) is 2.30. The molecule has 17 heavy (non-hydrogen) atoms. The molecule has 100 valence electrons. The van der Waals surface area contributed by atoms with E-state index in [9.17, 15) is 20.1 Å². The lowest BCUT2D eigenvalue weighted by Gasteiger charge is -2.40. The van der Waals surface area contributed by atoms with Gasteiger partial charge in [0, 0.05) is 0 Å². The number of aliphatic hydroxyl groups is 5. The Hall–Kier alpha value is -0.770. The molecule has 6 atom stereocenters. The van der Waals surface area contributed by atoms with Crippen LogP contribution in [0.3, 0.4) is 0 Å². The molecule has 0 aromatic carbocycles. The highest BCUT2D eigenvalue weighted by Crippen LogP contribution is 2.19. The Bertz CT molecular complexity index is 260. The lowest BCUT2D eigenvalue weighted by Crippen LogP contribution is -2.64. The van der Waals surface area contributed by atoms with Crippen LogP contribution in [0.1, 0.15) is 6.92 Å². The molecule has 1 fully saturated rings. The van der Waals surface area contributed by atoms with E-state index in [0.717, 1.165) is 0 Å². The molecule has 0 spiro atoms. The maximum atomic E-state index is 11.3. The standard InChI is InChI=1S/C9H17NO7/c1-3-6(13)5(7(14)9(16)17-3)10-8(15)4(12)2-11/h3-7,9,11-14,16H,2H2,1H3,(H,10,15)/t3-,4+,5+,6-,7-,9+/m1/s1. The van der Waals surface area contributed by atoms with Gasteiger partial charge in [-0.05, 0) is 6.92 Å². The molecule has 1 aliphatic heterocycles. The first-order chi connectivity index (χ1) is 7.88. The number of amides is 1. The van der Waals surface area contributed by atoms with Gasteiger partial charge in [-0.2, -0.15) is 0 Å². The Kier molecular flexibility index (Phi) is 4.80. The first kappa shape index (κ1) is 14.3. The van der Waals surface area contributed by atoms with Gasteiger partial charge >= 0.3 is 0 Å². The fraction of sp³-hybridized carbons (Fsp3) is 0.889. The molecule has 1 saturated heterocycles. The average molecular weight is 251 g/mol. The van der Waals surface area contributed by atoms with E-state index in [-0.39, 0.29) is 0 Å². The lowest BCUT2D eigenvalue weighted by molar-refractivity contribution is -0.251. The third kappa shape index (κ3) is 3.12. The van der Waals surface area contributed by atoms with Gasteiger partial charge in [0.2, 0.25) is 0 Å². The first-order valence-corrected chi connectivity index (χ1v) is 5.17. The first-order valence-electron chi connectivity index (χ1n) is 5.17. The van der Waals surface area contributed by atoms with E-state index < -0.39 is 49.3 Å². The zero-order chi connectivity index (χ0) is 13.2. The third-order valence-electron chi connectivity index (χ3n) is 2.65. The van der Waals surface area contributed by atoms with Crippen molar-refractivity contribution in [1.29, 1.82) is 0 Å². The van der Waals surface area contributed by atoms with Crippen molar-refractivity contribution in [2.24, 2.45) is 0 Å². The van der Waals surface area contributed by atoms with E-state index in [1.54, 1.807) is 0 Å². The van der Waals surface area contributed by atoms with E-state index in [2.05, 4.69) is 5.32 Å². The summed E-state index contributed by atoms with van der Waals surface area (Å²) in [5, 5.41) is 48.3. The van der Waals surface area contributed by atoms with Gasteiger partial charge in [0.1, 0.15) is 12.2 Å². The predicted octanol–water partition coefficient (Wildman–Crippen LogP) is -3.72. The van der Waals surface area contributed by atoms with E-state index in [1.165, 1.54) is 6.92 Å². The van der Waals surface area contributed by atoms with E-state index in [4.69, 9.17) is 14.9 Å². The van der Waals surface area contributed by atoms with Crippen molar-refractivity contribution in [3.05, 3.63) is 0 Å². The molecule has 6 N–H and O–H groups in total. The molecule has 0 saturated carbocycles. The van der Waals surface area contributed by atoms with Crippen LogP contribution in [0.5, 0.6) is 0 Å². The Balaban J connectivity index is 2.69. The number of aliphatic hydroxyl groups excluding tert-OH is 5. The number of rotatable bonds is 3. The Labute approximate surface area is 97.4 Å². The van der Waals surface area contributed by atoms with Crippen molar-refractivity contribution >= 4 is 5.91 Å². The molecule has 8 heteroatoms. The van der Waals surface area contributed by atoms with Crippen LogP contribution in [0, 0.1) is 0 Å². The van der Waals surface area contributed by atoms with Gasteiger partial charge < -0.3 is 35.6 Å². The summed E-state index contributed by atoms with van der Waals surface area (Å²) in [7, 11) is 0. The Morgan fingerprint density at radius 2 is 1.94 bits per heavy atom. The van der Waals surface area contributed by atoms with Gasteiger partial charge in [-0.1, -0.05) is 0 Å². The highest BCUT2D eigenvalue weighted by Gasteiger charge is 2.43. The maximum Gasteiger partial charge on any atom is 0.251 e. The largest absolute Gasteiger partial charge is 0.393 e. The van der Waals surface area contributed by atoms with E-state index >= 15 is 0 Å². The molecule has 0 bridgehead atoms. The van der Waals surface area contributed by atoms with Crippen molar-refractivity contribution in [1.82, 2.24) is 5.32 Å². The monoisotopic (exact) mass is 251 g/mol. The molecule has 1 amide bonds. The molecular formula is C9H17NO7. The normalized spacial score (nSPS) is 39.8. The smallest absolute Gasteiger partial charge is 0.251 e. The number of carbonyl (C=O) groups excluding carboxylic acids is 1. The maximum absolute atomic E-state index is 11.3. The molecule has 0 aliphatic carbocycles. The number of nitrogens with one attached hydrogen (secondary N) is 1. The Morgan fingerprint density at radius 3 is 2.47 bits per heavy atom. The molecule has 0 unspecified atom stereocenters. The van der Waals surface area contributed by atoms with Gasteiger partial charge in [-0.15, -0.1) is 0 Å². The quantitative estimate of drug-likeness (QED) is 0.303. The van der Waals surface area contributed by atoms with Crippen molar-refractivity contribution in [2.45, 2.75) is 43.7 Å². The Morgan fingerprint density at radius 1 is 1.35 bits per heavy atom. The minimum Gasteiger partial charge on any atom is -0.393 e. The summed E-state index contributed by atoms with van der Waals surface area (Å²) < 4.78 is 4.80. The van der Waals surface area contributed by atoms with Gasteiger partial charge in [-0.3, -0.25) is 4.79 Å². The third-order valence-corrected chi connectivity index (χ3v) is 2.65. The molecule has 8 nitrogen and oxygen atoms in total. The number of ether oxygens (including phenoxy) is 1. The number of hydrogen-bond donors (Lipinski definition) is 6. The molecule has 0 radical (unpaired) electrons. The second-order valence-electron chi connectivity index (χ2n) is 3.95. The molecule has 0 aromatic heterocycles. The molecule has 1 aliphatic rings. The molecule has 1 rings (SSSR count). The van der Waals surface area contributed by atoms with Crippen LogP contribution in [0.25, 0.3) is 0 Å². The minimum absolute atomic E-state index is 0.778. The van der Waals surface area contributed by atoms with Gasteiger partial charge in [0.15, 0.2) is 12.4 Å². The topological polar surface area (TPSA) is 139 Å². The fourth-order valence-corrected chi connectivity index (χ4v) is 1.57. The molecule has 0 aromatic rings. The zero-order valence-electron chi connectivity index (χ0n) is 9.22. The van der Waals surface area contributed by atoms with Gasteiger partial charge in [0.25, 0.3) is 5.91 Å². The summed E-state index contributed by atoms with van der Waals surface area (Å²) >= 11 is 0. The van der Waals surface area contributed by atoms with Crippen LogP contribution in [-0.2, 0) is 9.53 Å². The van der Waals surface area contributed by atoms with Crippen LogP contribution in [0.15, 0.2) is 0 Å². The summed E-state index contributed by atoms with van der Waals surface area (Å²) in [5.41, 5.74) is 0. The van der Waals surface area contributed by atoms with E-state index in [0.29, 0.717) is 0 Å². The number of hydrogen-bond acceptors (Lipinski definition) is 7. The summed E-state index contributed by atoms with van der Waals surface area (Å²) in [6.45, 7) is 0.681. The molecule has 1 heterocycles. The van der Waals surface area contributed by atoms with Crippen LogP contribution in [0.4, 0.5) is 0 Å². The van der Waals surface area contributed by atoms with Crippen molar-refractivity contribution < 1.29 is 35.1 Å². The van der Waals surface area contributed by atoms with Crippen LogP contribution < -0.4 is 5.32 Å². The van der Waals surface area contributed by atoms with Crippen LogP contribution >= 0.6 is 0 Å². The summed E-state index contributed by atoms with van der Waals surface area (Å²) in [4.78, 5) is 11.3. The summed E-state index contributed by atoms with van der Waals surface area (Å²) in [6.07, 6.45) is -6.72. The van der Waals surface area contributed by atoms with E-state index in [1.807, 2.05) is 0 Å². The van der Waals surface area contributed by atoms with Crippen molar-refractivity contribution in [3.8, 4) is 0 Å². The summed E-state index contributed by atoms with van der Waals surface area (Å²) in [6, 6.07) is -1.18. The highest BCUT2D eigenvalue weighted by molar-refractivity contribution is 5.81. The second-order valence-corrected chi connectivity index (χ2v) is 3.95. The van der Waals surface area contributed by atoms with Gasteiger partial charge in [0.05, 0.1) is 18.8 Å². The fourth-order valence-electron chi connectivity index (χ4n) is 1.57. The predicted molar refractivity (Wildman–Crippen MR) is 53.6 cm³/mol. The van der Waals surface area contributed by atoms with Gasteiger partial charge in [-0.25, -0.2) is 0 Å². The second kappa shape index (κ2) is 5.71. The molecular weight excluding hydrogens is 234 g/mol. The number of carbonyl (C=O) groups is 1. The highest BCUT2D eigenvalue weighted by atomic mass is 16.6. The SMILES string of the molecule is C[C@H]1O[C@H](O)[C@H](O)[C@@H](NC(=O)[C@@H](O)CO)[C@@H]1O. The van der Waals surface area contributed by atoms with Crippen LogP contribution in [0.2, 0.25) is 0 Å². The van der Waals surface area contributed by atoms with Crippen molar-refractivity contribution in [2.75, 3.05) is 6.61 Å².